The van der Waals surface area contributed by atoms with Crippen LogP contribution < -0.4 is 19.7 Å². The van der Waals surface area contributed by atoms with E-state index in [2.05, 4.69) is 15.3 Å². The molecule has 0 aliphatic carbocycles. The highest BCUT2D eigenvalue weighted by molar-refractivity contribution is 6.32. The van der Waals surface area contributed by atoms with Gasteiger partial charge in [0.25, 0.3) is 5.91 Å². The molecule has 1 amide bonds. The minimum Gasteiger partial charge on any atom is -0.495 e. The normalized spacial score (nSPS) is 10.1. The van der Waals surface area contributed by atoms with Crippen molar-refractivity contribution in [1.82, 2.24) is 9.97 Å². The van der Waals surface area contributed by atoms with Gasteiger partial charge in [-0.1, -0.05) is 11.6 Å². The number of hydrogen-bond donors (Lipinski definition) is 1. The van der Waals surface area contributed by atoms with Gasteiger partial charge in [0.15, 0.2) is 0 Å². The Morgan fingerprint density at radius 3 is 2.26 bits per heavy atom. The molecule has 0 fully saturated rings. The van der Waals surface area contributed by atoms with Gasteiger partial charge < -0.3 is 19.7 Å². The van der Waals surface area contributed by atoms with Crippen LogP contribution in [0.3, 0.4) is 0 Å². The van der Waals surface area contributed by atoms with Crippen molar-refractivity contribution in [2.24, 2.45) is 0 Å². The first-order valence-electron chi connectivity index (χ1n) is 6.68. The Bertz CT molecular complexity index is 705. The summed E-state index contributed by atoms with van der Waals surface area (Å²) < 4.78 is 10.4. The van der Waals surface area contributed by atoms with Crippen LogP contribution in [-0.2, 0) is 0 Å². The van der Waals surface area contributed by atoms with Crippen LogP contribution in [0.1, 0.15) is 10.4 Å². The predicted molar refractivity (Wildman–Crippen MR) is 88.9 cm³/mol. The summed E-state index contributed by atoms with van der Waals surface area (Å²) in [5.74, 6) is 1.05. The Labute approximate surface area is 139 Å². The number of amides is 1. The summed E-state index contributed by atoms with van der Waals surface area (Å²) in [5.41, 5.74) is 0.754. The first-order chi connectivity index (χ1) is 11.0. The van der Waals surface area contributed by atoms with Gasteiger partial charge in [-0.15, -0.1) is 0 Å². The van der Waals surface area contributed by atoms with Gasteiger partial charge in [0.05, 0.1) is 30.5 Å². The molecule has 0 spiro atoms. The van der Waals surface area contributed by atoms with Gasteiger partial charge in [0, 0.05) is 32.6 Å². The van der Waals surface area contributed by atoms with Crippen molar-refractivity contribution >= 4 is 29.1 Å². The summed E-state index contributed by atoms with van der Waals surface area (Å²) in [6, 6.07) is 3.16. The Kier molecular flexibility index (Phi) is 5.23. The third-order valence-corrected chi connectivity index (χ3v) is 3.32. The van der Waals surface area contributed by atoms with Crippen molar-refractivity contribution in [3.05, 3.63) is 35.1 Å². The molecular weight excluding hydrogens is 320 g/mol. The summed E-state index contributed by atoms with van der Waals surface area (Å²) >= 11 is 6.08. The fourth-order valence-electron chi connectivity index (χ4n) is 1.82. The lowest BCUT2D eigenvalue weighted by Gasteiger charge is -2.13. The zero-order chi connectivity index (χ0) is 17.0. The first kappa shape index (κ1) is 16.8. The molecule has 0 atom stereocenters. The SMILES string of the molecule is COc1cc(OC)c(NC(=O)c2cnc(N(C)C)nc2)cc1Cl. The summed E-state index contributed by atoms with van der Waals surface area (Å²) in [6.07, 6.45) is 2.91. The van der Waals surface area contributed by atoms with E-state index >= 15 is 0 Å². The molecule has 0 bridgehead atoms. The van der Waals surface area contributed by atoms with E-state index in [1.807, 2.05) is 14.1 Å². The molecule has 0 saturated carbocycles. The molecule has 0 saturated heterocycles. The average Bonchev–Trinajstić information content (AvgIpc) is 2.55. The number of ether oxygens (including phenoxy) is 2. The first-order valence-corrected chi connectivity index (χ1v) is 7.06. The molecule has 0 radical (unpaired) electrons. The van der Waals surface area contributed by atoms with E-state index in [0.717, 1.165) is 0 Å². The van der Waals surface area contributed by atoms with E-state index in [0.29, 0.717) is 33.7 Å². The van der Waals surface area contributed by atoms with Crippen molar-refractivity contribution in [3.8, 4) is 11.5 Å². The minimum absolute atomic E-state index is 0.324. The number of methoxy groups -OCH3 is 2. The van der Waals surface area contributed by atoms with Gasteiger partial charge in [-0.25, -0.2) is 9.97 Å². The number of carbonyl (C=O) groups excluding carboxylic acids is 1. The van der Waals surface area contributed by atoms with Gasteiger partial charge in [0.1, 0.15) is 11.5 Å². The Hall–Kier alpha value is -2.54. The maximum absolute atomic E-state index is 12.3. The molecule has 0 aliphatic rings. The number of rotatable bonds is 5. The Balaban J connectivity index is 2.24. The van der Waals surface area contributed by atoms with Gasteiger partial charge in [0.2, 0.25) is 5.95 Å². The molecule has 1 aromatic heterocycles. The molecule has 1 N–H and O–H groups in total. The van der Waals surface area contributed by atoms with E-state index in [-0.39, 0.29) is 5.91 Å². The van der Waals surface area contributed by atoms with E-state index in [1.54, 1.807) is 17.0 Å². The minimum atomic E-state index is -0.366. The van der Waals surface area contributed by atoms with E-state index in [4.69, 9.17) is 21.1 Å². The van der Waals surface area contributed by atoms with Crippen LogP contribution in [0.5, 0.6) is 11.5 Å². The lowest BCUT2D eigenvalue weighted by atomic mass is 10.2. The van der Waals surface area contributed by atoms with Gasteiger partial charge in [-0.2, -0.15) is 0 Å². The maximum Gasteiger partial charge on any atom is 0.258 e. The molecule has 8 heteroatoms. The van der Waals surface area contributed by atoms with Gasteiger partial charge >= 0.3 is 0 Å². The topological polar surface area (TPSA) is 76.6 Å². The second-order valence-electron chi connectivity index (χ2n) is 4.81. The van der Waals surface area contributed by atoms with Crippen LogP contribution in [0.2, 0.25) is 5.02 Å². The third kappa shape index (κ3) is 3.81. The maximum atomic E-state index is 12.3. The van der Waals surface area contributed by atoms with Crippen molar-refractivity contribution < 1.29 is 14.3 Å². The highest BCUT2D eigenvalue weighted by Crippen LogP contribution is 2.36. The monoisotopic (exact) mass is 336 g/mol. The molecule has 0 aliphatic heterocycles. The molecule has 23 heavy (non-hydrogen) atoms. The second kappa shape index (κ2) is 7.15. The largest absolute Gasteiger partial charge is 0.495 e. The summed E-state index contributed by atoms with van der Waals surface area (Å²) in [5, 5.41) is 3.08. The van der Waals surface area contributed by atoms with E-state index < -0.39 is 0 Å². The average molecular weight is 337 g/mol. The summed E-state index contributed by atoms with van der Waals surface area (Å²) in [7, 11) is 6.63. The predicted octanol–water partition coefficient (Wildman–Crippen LogP) is 2.47. The molecule has 0 unspecified atom stereocenters. The van der Waals surface area contributed by atoms with Crippen LogP contribution >= 0.6 is 11.6 Å². The number of anilines is 2. The number of halogens is 1. The molecule has 2 aromatic rings. The number of carbonyl (C=O) groups is 1. The number of aromatic nitrogens is 2. The molecule has 7 nitrogen and oxygen atoms in total. The molecule has 1 heterocycles. The molecule has 122 valence electrons. The molecular formula is C15H17ClN4O3. The highest BCUT2D eigenvalue weighted by Gasteiger charge is 2.14. The zero-order valence-corrected chi connectivity index (χ0v) is 14.0. The fraction of sp³-hybridized carbons (Fsp3) is 0.267. The lowest BCUT2D eigenvalue weighted by molar-refractivity contribution is 0.102. The van der Waals surface area contributed by atoms with Crippen molar-refractivity contribution in [3.63, 3.8) is 0 Å². The van der Waals surface area contributed by atoms with Gasteiger partial charge in [-0.3, -0.25) is 4.79 Å². The Morgan fingerprint density at radius 1 is 1.13 bits per heavy atom. The third-order valence-electron chi connectivity index (χ3n) is 3.02. The number of hydrogen-bond acceptors (Lipinski definition) is 6. The van der Waals surface area contributed by atoms with E-state index in [9.17, 15) is 4.79 Å². The fourth-order valence-corrected chi connectivity index (χ4v) is 2.06. The number of benzene rings is 1. The highest BCUT2D eigenvalue weighted by atomic mass is 35.5. The number of nitrogens with zero attached hydrogens (tertiary/aromatic N) is 3. The lowest BCUT2D eigenvalue weighted by Crippen LogP contribution is -2.16. The Morgan fingerprint density at radius 2 is 1.74 bits per heavy atom. The van der Waals surface area contributed by atoms with Crippen LogP contribution in [0, 0.1) is 0 Å². The van der Waals surface area contributed by atoms with Crippen LogP contribution in [0.15, 0.2) is 24.5 Å². The second-order valence-corrected chi connectivity index (χ2v) is 5.21. The molecule has 2 rings (SSSR count). The molecule has 1 aromatic carbocycles. The van der Waals surface area contributed by atoms with Crippen molar-refractivity contribution in [1.29, 1.82) is 0 Å². The number of nitrogens with one attached hydrogen (secondary N) is 1. The smallest absolute Gasteiger partial charge is 0.258 e. The van der Waals surface area contributed by atoms with Crippen molar-refractivity contribution in [2.75, 3.05) is 38.5 Å². The van der Waals surface area contributed by atoms with Crippen LogP contribution in [0.4, 0.5) is 11.6 Å². The standard InChI is InChI=1S/C15H17ClN4O3/c1-20(2)15-17-7-9(8-18-15)14(21)19-11-5-10(16)12(22-3)6-13(11)23-4/h5-8H,1-4H3,(H,19,21). The van der Waals surface area contributed by atoms with Crippen LogP contribution in [-0.4, -0.2) is 44.2 Å². The summed E-state index contributed by atoms with van der Waals surface area (Å²) in [6.45, 7) is 0. The van der Waals surface area contributed by atoms with Crippen LogP contribution in [0.25, 0.3) is 0 Å². The summed E-state index contributed by atoms with van der Waals surface area (Å²) in [4.78, 5) is 22.2. The van der Waals surface area contributed by atoms with Crippen molar-refractivity contribution in [2.45, 2.75) is 0 Å². The quantitative estimate of drug-likeness (QED) is 0.903. The van der Waals surface area contributed by atoms with E-state index in [1.165, 1.54) is 26.6 Å². The van der Waals surface area contributed by atoms with Gasteiger partial charge in [-0.05, 0) is 6.07 Å². The zero-order valence-electron chi connectivity index (χ0n) is 13.3.